The zero-order chi connectivity index (χ0) is 20.5. The Morgan fingerprint density at radius 3 is 2.77 bits per heavy atom. The van der Waals surface area contributed by atoms with Crippen LogP contribution in [0.1, 0.15) is 65.2 Å². The molecule has 3 fully saturated rings. The number of aliphatic hydroxyl groups is 1. The summed E-state index contributed by atoms with van der Waals surface area (Å²) in [4.78, 5) is 4.54. The van der Waals surface area contributed by atoms with Crippen LogP contribution >= 0.6 is 0 Å². The Morgan fingerprint density at radius 1 is 1.07 bits per heavy atom. The predicted molar refractivity (Wildman–Crippen MR) is 120 cm³/mol. The lowest BCUT2D eigenvalue weighted by molar-refractivity contribution is -0.0209. The fourth-order valence-electron chi connectivity index (χ4n) is 7.75. The first-order chi connectivity index (χ1) is 14.5. The third-order valence-corrected chi connectivity index (χ3v) is 9.48. The van der Waals surface area contributed by atoms with E-state index >= 15 is 0 Å². The zero-order valence-corrected chi connectivity index (χ0v) is 18.2. The van der Waals surface area contributed by atoms with Crippen molar-refractivity contribution in [3.8, 4) is 0 Å². The minimum atomic E-state index is -0.120. The summed E-state index contributed by atoms with van der Waals surface area (Å²) in [5, 5.41) is 15.4. The summed E-state index contributed by atoms with van der Waals surface area (Å²) in [6.07, 6.45) is 13.4. The number of aliphatic hydroxyl groups excluding tert-OH is 1. The van der Waals surface area contributed by atoms with Crippen molar-refractivity contribution < 1.29 is 5.11 Å². The first-order valence-corrected chi connectivity index (χ1v) is 11.9. The van der Waals surface area contributed by atoms with Crippen molar-refractivity contribution in [2.75, 3.05) is 0 Å². The van der Waals surface area contributed by atoms with E-state index in [9.17, 15) is 5.11 Å². The van der Waals surface area contributed by atoms with Gasteiger partial charge in [-0.3, -0.25) is 0 Å². The number of aromatic nitrogens is 2. The lowest BCUT2D eigenvalue weighted by atomic mass is 9.48. The Labute approximate surface area is 179 Å². The van der Waals surface area contributed by atoms with Crippen LogP contribution < -0.4 is 0 Å². The first kappa shape index (κ1) is 18.8. The Bertz CT molecular complexity index is 1050. The fourth-order valence-corrected chi connectivity index (χ4v) is 7.75. The summed E-state index contributed by atoms with van der Waals surface area (Å²) in [6, 6.07) is 8.28. The Morgan fingerprint density at radius 2 is 1.87 bits per heavy atom. The maximum atomic E-state index is 10.2. The van der Waals surface area contributed by atoms with Crippen molar-refractivity contribution in [2.24, 2.45) is 33.7 Å². The highest BCUT2D eigenvalue weighted by molar-refractivity contribution is 5.93. The lowest BCUT2D eigenvalue weighted by Crippen LogP contribution is -2.50. The quantitative estimate of drug-likeness (QED) is 0.633. The van der Waals surface area contributed by atoms with Crippen molar-refractivity contribution in [3.05, 3.63) is 42.2 Å². The van der Waals surface area contributed by atoms with E-state index in [4.69, 9.17) is 5.10 Å². The van der Waals surface area contributed by atoms with Gasteiger partial charge in [0.15, 0.2) is 0 Å². The normalized spacial score (nSPS) is 42.0. The van der Waals surface area contributed by atoms with Crippen LogP contribution in [0.5, 0.6) is 0 Å². The molecule has 4 aliphatic rings. The fraction of sp³-hybridized carbons (Fsp3) is 0.615. The van der Waals surface area contributed by atoms with Crippen LogP contribution in [-0.2, 0) is 0 Å². The van der Waals surface area contributed by atoms with E-state index in [1.807, 2.05) is 17.1 Å². The Balaban J connectivity index is 1.34. The number of benzene rings is 1. The van der Waals surface area contributed by atoms with Gasteiger partial charge in [0.05, 0.1) is 17.1 Å². The van der Waals surface area contributed by atoms with Crippen LogP contribution in [-0.4, -0.2) is 26.6 Å². The molecule has 30 heavy (non-hydrogen) atoms. The average Bonchev–Trinajstić information content (AvgIpc) is 3.30. The minimum absolute atomic E-state index is 0.120. The topological polar surface area (TPSA) is 50.4 Å². The second-order valence-corrected chi connectivity index (χ2v) is 10.8. The maximum absolute atomic E-state index is 10.2. The summed E-state index contributed by atoms with van der Waals surface area (Å²) in [5.74, 6) is 2.27. The van der Waals surface area contributed by atoms with E-state index < -0.39 is 0 Å². The molecule has 0 unspecified atom stereocenters. The SMILES string of the molecule is C[C@]12CC[C@H](O)CC1=CC[C@@H]1[C@@H]2CC[C@]2(C)/C(=N/n3cnc4ccccc43)CC[C@@H]12. The molecule has 4 aliphatic carbocycles. The van der Waals surface area contributed by atoms with Crippen LogP contribution in [0.3, 0.4) is 0 Å². The molecule has 158 valence electrons. The van der Waals surface area contributed by atoms with Crippen molar-refractivity contribution in [3.63, 3.8) is 0 Å². The molecule has 0 saturated heterocycles. The van der Waals surface area contributed by atoms with Gasteiger partial charge in [0.1, 0.15) is 6.33 Å². The highest BCUT2D eigenvalue weighted by Crippen LogP contribution is 2.64. The van der Waals surface area contributed by atoms with Crippen LogP contribution in [0.25, 0.3) is 11.0 Å². The smallest absolute Gasteiger partial charge is 0.118 e. The molecule has 4 heteroatoms. The molecule has 1 aromatic carbocycles. The van der Waals surface area contributed by atoms with Gasteiger partial charge in [-0.2, -0.15) is 5.10 Å². The van der Waals surface area contributed by atoms with Gasteiger partial charge in [-0.15, -0.1) is 0 Å². The lowest BCUT2D eigenvalue weighted by Gasteiger charge is -2.57. The maximum Gasteiger partial charge on any atom is 0.118 e. The molecule has 4 nitrogen and oxygen atoms in total. The molecule has 0 bridgehead atoms. The molecule has 1 aromatic heterocycles. The van der Waals surface area contributed by atoms with E-state index in [0.29, 0.717) is 5.41 Å². The highest BCUT2D eigenvalue weighted by Gasteiger charge is 2.57. The molecule has 0 radical (unpaired) electrons. The van der Waals surface area contributed by atoms with Gasteiger partial charge in [0.2, 0.25) is 0 Å². The monoisotopic (exact) mass is 403 g/mol. The summed E-state index contributed by atoms with van der Waals surface area (Å²) < 4.78 is 2.01. The number of allylic oxidation sites excluding steroid dienone is 1. The Kier molecular flexibility index (Phi) is 4.09. The third-order valence-electron chi connectivity index (χ3n) is 9.48. The van der Waals surface area contributed by atoms with Gasteiger partial charge < -0.3 is 5.11 Å². The molecule has 1 heterocycles. The number of nitrogens with zero attached hydrogens (tertiary/aromatic N) is 3. The van der Waals surface area contributed by atoms with Gasteiger partial charge in [0.25, 0.3) is 0 Å². The molecule has 0 aliphatic heterocycles. The van der Waals surface area contributed by atoms with Crippen LogP contribution in [0.4, 0.5) is 0 Å². The first-order valence-electron chi connectivity index (χ1n) is 11.9. The van der Waals surface area contributed by atoms with Crippen LogP contribution in [0.2, 0.25) is 0 Å². The standard InChI is InChI=1S/C26H33N3O/c1-25-13-11-18(30)15-17(25)7-8-19-20-9-10-24(26(20,2)14-12-21(19)25)28-29-16-27-22-5-3-4-6-23(22)29/h3-7,16,18-21,30H,8-15H2,1-2H3/b28-24+/t18-,19-,20-,21-,25-,26-/m0/s1. The van der Waals surface area contributed by atoms with E-state index in [2.05, 4.69) is 43.1 Å². The van der Waals surface area contributed by atoms with Gasteiger partial charge in [0, 0.05) is 11.1 Å². The summed E-state index contributed by atoms with van der Waals surface area (Å²) in [7, 11) is 0. The Hall–Kier alpha value is -1.94. The van der Waals surface area contributed by atoms with Crippen molar-refractivity contribution in [1.29, 1.82) is 0 Å². The van der Waals surface area contributed by atoms with Gasteiger partial charge in [-0.1, -0.05) is 37.6 Å². The van der Waals surface area contributed by atoms with E-state index in [-0.39, 0.29) is 11.5 Å². The van der Waals surface area contributed by atoms with Gasteiger partial charge >= 0.3 is 0 Å². The molecular weight excluding hydrogens is 370 g/mol. The second kappa shape index (κ2) is 6.53. The second-order valence-electron chi connectivity index (χ2n) is 10.8. The molecule has 3 saturated carbocycles. The van der Waals surface area contributed by atoms with Crippen molar-refractivity contribution in [1.82, 2.24) is 9.66 Å². The zero-order valence-electron chi connectivity index (χ0n) is 18.2. The molecule has 0 amide bonds. The average molecular weight is 404 g/mol. The summed E-state index contributed by atoms with van der Waals surface area (Å²) in [5.41, 5.74) is 5.58. The van der Waals surface area contributed by atoms with Crippen molar-refractivity contribution >= 4 is 16.7 Å². The number of hydrogen-bond donors (Lipinski definition) is 1. The number of fused-ring (bicyclic) bond motifs is 6. The van der Waals surface area contributed by atoms with Gasteiger partial charge in [-0.25, -0.2) is 9.66 Å². The summed E-state index contributed by atoms with van der Waals surface area (Å²) >= 11 is 0. The minimum Gasteiger partial charge on any atom is -0.393 e. The molecule has 6 atom stereocenters. The largest absolute Gasteiger partial charge is 0.393 e. The van der Waals surface area contributed by atoms with Gasteiger partial charge in [-0.05, 0) is 86.7 Å². The van der Waals surface area contributed by atoms with E-state index in [1.165, 1.54) is 31.4 Å². The summed E-state index contributed by atoms with van der Waals surface area (Å²) in [6.45, 7) is 5.00. The molecule has 1 N–H and O–H groups in total. The molecule has 6 rings (SSSR count). The number of imidazole rings is 1. The van der Waals surface area contributed by atoms with Crippen LogP contribution in [0, 0.1) is 28.6 Å². The number of rotatable bonds is 1. The number of para-hydroxylation sites is 2. The van der Waals surface area contributed by atoms with Crippen molar-refractivity contribution in [2.45, 2.75) is 71.3 Å². The molecule has 0 spiro atoms. The van der Waals surface area contributed by atoms with E-state index in [0.717, 1.165) is 54.5 Å². The van der Waals surface area contributed by atoms with E-state index in [1.54, 1.807) is 5.57 Å². The molecule has 2 aromatic rings. The molecular formula is C26H33N3O. The van der Waals surface area contributed by atoms with Crippen LogP contribution in [0.15, 0.2) is 47.3 Å². The number of hydrogen-bond acceptors (Lipinski definition) is 3. The highest BCUT2D eigenvalue weighted by atomic mass is 16.3. The third kappa shape index (κ3) is 2.55. The predicted octanol–water partition coefficient (Wildman–Crippen LogP) is 5.56.